The third kappa shape index (κ3) is 3.83. The van der Waals surface area contributed by atoms with Crippen molar-refractivity contribution < 1.29 is 9.53 Å². The Morgan fingerprint density at radius 3 is 2.68 bits per heavy atom. The molecule has 1 heterocycles. The molecular formula is C23H19N3O2. The van der Waals surface area contributed by atoms with Crippen LogP contribution in [0.3, 0.4) is 0 Å². The predicted molar refractivity (Wildman–Crippen MR) is 112 cm³/mol. The highest BCUT2D eigenvalue weighted by Crippen LogP contribution is 2.21. The number of amides is 1. The van der Waals surface area contributed by atoms with Crippen LogP contribution in [0, 0.1) is 0 Å². The Morgan fingerprint density at radius 1 is 1.00 bits per heavy atom. The van der Waals surface area contributed by atoms with E-state index in [1.807, 2.05) is 72.8 Å². The number of rotatable bonds is 5. The molecule has 1 amide bonds. The lowest BCUT2D eigenvalue weighted by atomic mass is 10.1. The number of hydrazone groups is 1. The fourth-order valence-corrected chi connectivity index (χ4v) is 2.99. The molecule has 0 bridgehead atoms. The topological polar surface area (TPSA) is 63.6 Å². The molecule has 0 saturated carbocycles. The summed E-state index contributed by atoms with van der Waals surface area (Å²) in [4.78, 5) is 16.7. The number of fused-ring (bicyclic) bond motifs is 2. The second kappa shape index (κ2) is 7.88. The summed E-state index contributed by atoms with van der Waals surface area (Å²) in [5.74, 6) is 0.321. The number of hydrogen-bond acceptors (Lipinski definition) is 4. The van der Waals surface area contributed by atoms with E-state index in [-0.39, 0.29) is 5.91 Å². The largest absolute Gasteiger partial charge is 0.481 e. The maximum absolute atomic E-state index is 12.3. The first-order chi connectivity index (χ1) is 13.7. The summed E-state index contributed by atoms with van der Waals surface area (Å²) in [5.41, 5.74) is 4.20. The number of pyridine rings is 1. The fourth-order valence-electron chi connectivity index (χ4n) is 2.99. The van der Waals surface area contributed by atoms with Gasteiger partial charge in [-0.1, -0.05) is 54.6 Å². The molecule has 5 nitrogen and oxygen atoms in total. The van der Waals surface area contributed by atoms with Gasteiger partial charge in [-0.25, -0.2) is 5.43 Å². The van der Waals surface area contributed by atoms with Gasteiger partial charge < -0.3 is 4.74 Å². The van der Waals surface area contributed by atoms with Crippen LogP contribution in [0.2, 0.25) is 0 Å². The molecule has 1 aromatic heterocycles. The lowest BCUT2D eigenvalue weighted by Crippen LogP contribution is -2.33. The number of hydrogen-bond donors (Lipinski definition) is 1. The molecule has 0 aliphatic carbocycles. The van der Waals surface area contributed by atoms with Crippen LogP contribution in [0.25, 0.3) is 21.7 Å². The van der Waals surface area contributed by atoms with E-state index in [9.17, 15) is 4.79 Å². The molecule has 4 rings (SSSR count). The van der Waals surface area contributed by atoms with Gasteiger partial charge in [-0.2, -0.15) is 5.10 Å². The van der Waals surface area contributed by atoms with Gasteiger partial charge in [-0.3, -0.25) is 9.78 Å². The Labute approximate surface area is 162 Å². The molecule has 1 N–H and O–H groups in total. The number of aromatic nitrogens is 1. The van der Waals surface area contributed by atoms with Crippen LogP contribution in [0.1, 0.15) is 12.5 Å². The standard InChI is InChI=1S/C23H19N3O2/c1-16(28-21-12-11-17-6-2-3-7-19(17)14-21)23(27)26-25-15-20-9-4-8-18-10-5-13-24-22(18)20/h2-16H,1H3,(H,26,27)/b25-15-/t16-/m0/s1. The van der Waals surface area contributed by atoms with Gasteiger partial charge in [0, 0.05) is 17.1 Å². The molecular weight excluding hydrogens is 350 g/mol. The summed E-state index contributed by atoms with van der Waals surface area (Å²) in [6.45, 7) is 1.69. The zero-order valence-corrected chi connectivity index (χ0v) is 15.4. The highest BCUT2D eigenvalue weighted by atomic mass is 16.5. The van der Waals surface area contributed by atoms with Crippen LogP contribution in [-0.2, 0) is 4.79 Å². The monoisotopic (exact) mass is 369 g/mol. The molecule has 3 aromatic carbocycles. The number of ether oxygens (including phenoxy) is 1. The first-order valence-corrected chi connectivity index (χ1v) is 9.03. The van der Waals surface area contributed by atoms with E-state index in [0.29, 0.717) is 5.75 Å². The van der Waals surface area contributed by atoms with Crippen LogP contribution < -0.4 is 10.2 Å². The fraction of sp³-hybridized carbons (Fsp3) is 0.0870. The number of nitrogens with zero attached hydrogens (tertiary/aromatic N) is 2. The number of benzene rings is 3. The Balaban J connectivity index is 1.41. The maximum atomic E-state index is 12.3. The average molecular weight is 369 g/mol. The van der Waals surface area contributed by atoms with E-state index in [1.54, 1.807) is 19.3 Å². The second-order valence-electron chi connectivity index (χ2n) is 6.43. The molecule has 0 radical (unpaired) electrons. The summed E-state index contributed by atoms with van der Waals surface area (Å²) in [5, 5.41) is 7.27. The number of carbonyl (C=O) groups excluding carboxylic acids is 1. The van der Waals surface area contributed by atoms with E-state index in [2.05, 4.69) is 15.5 Å². The Kier molecular flexibility index (Phi) is 4.97. The van der Waals surface area contributed by atoms with Crippen molar-refractivity contribution in [1.29, 1.82) is 0 Å². The van der Waals surface area contributed by atoms with E-state index in [1.165, 1.54) is 0 Å². The Hall–Kier alpha value is -3.73. The van der Waals surface area contributed by atoms with Gasteiger partial charge in [-0.15, -0.1) is 0 Å². The zero-order valence-electron chi connectivity index (χ0n) is 15.4. The third-order valence-electron chi connectivity index (χ3n) is 4.45. The minimum Gasteiger partial charge on any atom is -0.481 e. The molecule has 0 unspecified atom stereocenters. The Morgan fingerprint density at radius 2 is 1.79 bits per heavy atom. The van der Waals surface area contributed by atoms with Gasteiger partial charge in [-0.05, 0) is 35.9 Å². The van der Waals surface area contributed by atoms with Gasteiger partial charge in [0.25, 0.3) is 5.91 Å². The van der Waals surface area contributed by atoms with Gasteiger partial charge in [0.15, 0.2) is 6.10 Å². The summed E-state index contributed by atoms with van der Waals surface area (Å²) >= 11 is 0. The van der Waals surface area contributed by atoms with Crippen molar-refractivity contribution in [1.82, 2.24) is 10.4 Å². The smallest absolute Gasteiger partial charge is 0.280 e. The third-order valence-corrected chi connectivity index (χ3v) is 4.45. The van der Waals surface area contributed by atoms with Crippen LogP contribution in [0.4, 0.5) is 0 Å². The van der Waals surface area contributed by atoms with Crippen molar-refractivity contribution in [3.8, 4) is 5.75 Å². The summed E-state index contributed by atoms with van der Waals surface area (Å²) in [6.07, 6.45) is 2.65. The number of carbonyl (C=O) groups is 1. The van der Waals surface area contributed by atoms with Crippen molar-refractivity contribution in [2.75, 3.05) is 0 Å². The number of nitrogens with one attached hydrogen (secondary N) is 1. The normalized spacial score (nSPS) is 12.3. The van der Waals surface area contributed by atoms with Gasteiger partial charge >= 0.3 is 0 Å². The quantitative estimate of drug-likeness (QED) is 0.421. The highest BCUT2D eigenvalue weighted by Gasteiger charge is 2.14. The van der Waals surface area contributed by atoms with Crippen molar-refractivity contribution in [2.45, 2.75) is 13.0 Å². The Bertz CT molecular complexity index is 1170. The molecule has 4 aromatic rings. The summed E-state index contributed by atoms with van der Waals surface area (Å²) < 4.78 is 5.76. The molecule has 0 saturated heterocycles. The zero-order chi connectivity index (χ0) is 19.3. The minimum atomic E-state index is -0.677. The van der Waals surface area contributed by atoms with Gasteiger partial charge in [0.1, 0.15) is 5.75 Å². The van der Waals surface area contributed by atoms with Crippen molar-refractivity contribution in [2.24, 2.45) is 5.10 Å². The van der Waals surface area contributed by atoms with E-state index >= 15 is 0 Å². The van der Waals surface area contributed by atoms with Crippen molar-refractivity contribution in [3.05, 3.63) is 84.6 Å². The van der Waals surface area contributed by atoms with Crippen LogP contribution in [0.15, 0.2) is 84.1 Å². The van der Waals surface area contributed by atoms with Gasteiger partial charge in [0.2, 0.25) is 0 Å². The minimum absolute atomic E-state index is 0.322. The molecule has 0 aliphatic rings. The predicted octanol–water partition coefficient (Wildman–Crippen LogP) is 4.31. The highest BCUT2D eigenvalue weighted by molar-refractivity contribution is 5.97. The van der Waals surface area contributed by atoms with E-state index < -0.39 is 6.10 Å². The molecule has 0 spiro atoms. The molecule has 138 valence electrons. The second-order valence-corrected chi connectivity index (χ2v) is 6.43. The lowest BCUT2D eigenvalue weighted by Gasteiger charge is -2.13. The summed E-state index contributed by atoms with van der Waals surface area (Å²) in [6, 6.07) is 23.4. The van der Waals surface area contributed by atoms with E-state index in [0.717, 1.165) is 27.2 Å². The average Bonchev–Trinajstić information content (AvgIpc) is 2.73. The molecule has 28 heavy (non-hydrogen) atoms. The van der Waals surface area contributed by atoms with Gasteiger partial charge in [0.05, 0.1) is 11.7 Å². The summed E-state index contributed by atoms with van der Waals surface area (Å²) in [7, 11) is 0. The first-order valence-electron chi connectivity index (χ1n) is 9.03. The molecule has 0 fully saturated rings. The number of para-hydroxylation sites is 1. The SMILES string of the molecule is C[C@H](Oc1ccc2ccccc2c1)C(=O)N/N=C\c1cccc2cccnc12. The lowest BCUT2D eigenvalue weighted by molar-refractivity contribution is -0.127. The molecule has 5 heteroatoms. The molecule has 0 aliphatic heterocycles. The van der Waals surface area contributed by atoms with Crippen LogP contribution in [0.5, 0.6) is 5.75 Å². The first kappa shape index (κ1) is 17.7. The maximum Gasteiger partial charge on any atom is 0.280 e. The van der Waals surface area contributed by atoms with Crippen LogP contribution >= 0.6 is 0 Å². The van der Waals surface area contributed by atoms with E-state index in [4.69, 9.17) is 4.74 Å². The molecule has 1 atom stereocenters. The van der Waals surface area contributed by atoms with Crippen molar-refractivity contribution in [3.63, 3.8) is 0 Å². The van der Waals surface area contributed by atoms with Crippen LogP contribution in [-0.4, -0.2) is 23.2 Å². The van der Waals surface area contributed by atoms with Crippen molar-refractivity contribution >= 4 is 33.8 Å².